The first-order valence-electron chi connectivity index (χ1n) is 8.18. The maximum absolute atomic E-state index is 5.17. The summed E-state index contributed by atoms with van der Waals surface area (Å²) in [5.41, 5.74) is 2.10. The van der Waals surface area contributed by atoms with E-state index in [-0.39, 0.29) is 0 Å². The largest absolute Gasteiger partial charge is 0.497 e. The van der Waals surface area contributed by atoms with E-state index in [1.165, 1.54) is 0 Å². The summed E-state index contributed by atoms with van der Waals surface area (Å²) in [5.74, 6) is 2.36. The quantitative estimate of drug-likeness (QED) is 0.690. The summed E-state index contributed by atoms with van der Waals surface area (Å²) in [5, 5.41) is 6.64. The Morgan fingerprint density at radius 3 is 2.50 bits per heavy atom. The first-order chi connectivity index (χ1) is 11.6. The van der Waals surface area contributed by atoms with Crippen molar-refractivity contribution in [3.8, 4) is 5.75 Å². The van der Waals surface area contributed by atoms with Crippen molar-refractivity contribution in [2.75, 3.05) is 44.9 Å². The topological polar surface area (TPSA) is 62.3 Å². The molecule has 130 valence electrons. The van der Waals surface area contributed by atoms with Crippen molar-refractivity contribution in [2.45, 2.75) is 19.9 Å². The van der Waals surface area contributed by atoms with E-state index in [1.54, 1.807) is 7.11 Å². The number of methoxy groups -OCH3 is 1. The van der Waals surface area contributed by atoms with Crippen LogP contribution in [0.15, 0.2) is 30.3 Å². The van der Waals surface area contributed by atoms with Gasteiger partial charge in [0.25, 0.3) is 0 Å². The van der Waals surface area contributed by atoms with Crippen LogP contribution in [-0.4, -0.2) is 49.2 Å². The highest BCUT2D eigenvalue weighted by Crippen LogP contribution is 2.14. The molecule has 0 unspecified atom stereocenters. The maximum Gasteiger partial charge on any atom is 0.225 e. The second kappa shape index (κ2) is 9.08. The van der Waals surface area contributed by atoms with Gasteiger partial charge in [0.2, 0.25) is 5.95 Å². The number of hydrogen-bond acceptors (Lipinski definition) is 6. The van der Waals surface area contributed by atoms with Crippen molar-refractivity contribution in [3.05, 3.63) is 41.6 Å². The van der Waals surface area contributed by atoms with Gasteiger partial charge in [-0.1, -0.05) is 12.1 Å². The van der Waals surface area contributed by atoms with E-state index >= 15 is 0 Å². The summed E-state index contributed by atoms with van der Waals surface area (Å²) < 4.78 is 5.17. The van der Waals surface area contributed by atoms with E-state index in [2.05, 4.69) is 39.6 Å². The summed E-state index contributed by atoms with van der Waals surface area (Å²) in [6, 6.07) is 9.93. The van der Waals surface area contributed by atoms with Gasteiger partial charge in [-0.15, -0.1) is 0 Å². The highest BCUT2D eigenvalue weighted by molar-refractivity contribution is 5.42. The second-order valence-electron chi connectivity index (χ2n) is 6.00. The zero-order valence-corrected chi connectivity index (χ0v) is 15.0. The van der Waals surface area contributed by atoms with E-state index in [4.69, 9.17) is 4.74 Å². The van der Waals surface area contributed by atoms with E-state index in [1.807, 2.05) is 37.3 Å². The first-order valence-corrected chi connectivity index (χ1v) is 8.18. The molecule has 1 aromatic heterocycles. The van der Waals surface area contributed by atoms with Gasteiger partial charge in [-0.2, -0.15) is 4.98 Å². The lowest BCUT2D eigenvalue weighted by atomic mass is 10.2. The molecule has 0 aliphatic heterocycles. The molecule has 6 heteroatoms. The molecule has 24 heavy (non-hydrogen) atoms. The third kappa shape index (κ3) is 6.04. The second-order valence-corrected chi connectivity index (χ2v) is 6.00. The monoisotopic (exact) mass is 329 g/mol. The smallest absolute Gasteiger partial charge is 0.225 e. The van der Waals surface area contributed by atoms with Gasteiger partial charge in [0, 0.05) is 24.8 Å². The predicted octanol–water partition coefficient (Wildman–Crippen LogP) is 2.77. The van der Waals surface area contributed by atoms with Crippen molar-refractivity contribution in [1.82, 2.24) is 14.9 Å². The van der Waals surface area contributed by atoms with E-state index in [9.17, 15) is 0 Å². The molecule has 0 amide bonds. The lowest BCUT2D eigenvalue weighted by Crippen LogP contribution is -2.17. The van der Waals surface area contributed by atoms with Crippen molar-refractivity contribution in [1.29, 1.82) is 0 Å². The fourth-order valence-corrected chi connectivity index (χ4v) is 2.27. The van der Waals surface area contributed by atoms with Crippen molar-refractivity contribution in [2.24, 2.45) is 0 Å². The number of aromatic nitrogens is 2. The van der Waals surface area contributed by atoms with Gasteiger partial charge in [0.05, 0.1) is 7.11 Å². The molecule has 0 fully saturated rings. The van der Waals surface area contributed by atoms with E-state index in [0.29, 0.717) is 12.5 Å². The molecule has 0 aliphatic rings. The number of rotatable bonds is 9. The molecular weight excluding hydrogens is 302 g/mol. The Morgan fingerprint density at radius 2 is 1.83 bits per heavy atom. The minimum Gasteiger partial charge on any atom is -0.497 e. The van der Waals surface area contributed by atoms with Crippen LogP contribution in [0.3, 0.4) is 0 Å². The summed E-state index contributed by atoms with van der Waals surface area (Å²) in [7, 11) is 5.83. The lowest BCUT2D eigenvalue weighted by molar-refractivity contribution is 0.405. The molecule has 6 nitrogen and oxygen atoms in total. The number of aryl methyl sites for hydroxylation is 1. The minimum absolute atomic E-state index is 0.640. The molecule has 0 saturated heterocycles. The molecule has 1 heterocycles. The van der Waals surface area contributed by atoms with Crippen LogP contribution in [0.4, 0.5) is 11.8 Å². The van der Waals surface area contributed by atoms with Crippen LogP contribution < -0.4 is 15.4 Å². The molecule has 0 spiro atoms. The summed E-state index contributed by atoms with van der Waals surface area (Å²) >= 11 is 0. The Bertz CT molecular complexity index is 628. The SMILES string of the molecule is COc1ccc(CNc2nc(C)cc(NCCCN(C)C)n2)cc1. The summed E-state index contributed by atoms with van der Waals surface area (Å²) in [6.45, 7) is 4.60. The predicted molar refractivity (Wildman–Crippen MR) is 98.8 cm³/mol. The average Bonchev–Trinajstić information content (AvgIpc) is 2.57. The van der Waals surface area contributed by atoms with Crippen LogP contribution in [0, 0.1) is 6.92 Å². The van der Waals surface area contributed by atoms with E-state index in [0.717, 1.165) is 42.3 Å². The van der Waals surface area contributed by atoms with Crippen LogP contribution in [0.2, 0.25) is 0 Å². The normalized spacial score (nSPS) is 10.7. The minimum atomic E-state index is 0.640. The number of anilines is 2. The Kier molecular flexibility index (Phi) is 6.81. The van der Waals surface area contributed by atoms with E-state index < -0.39 is 0 Å². The third-order valence-electron chi connectivity index (χ3n) is 3.55. The fourth-order valence-electron chi connectivity index (χ4n) is 2.27. The first kappa shape index (κ1) is 18.0. The van der Waals surface area contributed by atoms with Gasteiger partial charge in [-0.3, -0.25) is 0 Å². The Balaban J connectivity index is 1.89. The number of nitrogens with one attached hydrogen (secondary N) is 2. The van der Waals surface area contributed by atoms with Crippen LogP contribution in [0.25, 0.3) is 0 Å². The maximum atomic E-state index is 5.17. The van der Waals surface area contributed by atoms with Crippen molar-refractivity contribution >= 4 is 11.8 Å². The number of nitrogens with zero attached hydrogens (tertiary/aromatic N) is 3. The van der Waals surface area contributed by atoms with Gasteiger partial charge in [0.1, 0.15) is 11.6 Å². The Morgan fingerprint density at radius 1 is 1.08 bits per heavy atom. The molecule has 2 N–H and O–H groups in total. The summed E-state index contributed by atoms with van der Waals surface area (Å²) in [6.07, 6.45) is 1.07. The van der Waals surface area contributed by atoms with Gasteiger partial charge in [0.15, 0.2) is 0 Å². The number of ether oxygens (including phenoxy) is 1. The number of benzene rings is 1. The van der Waals surface area contributed by atoms with Crippen LogP contribution >= 0.6 is 0 Å². The van der Waals surface area contributed by atoms with Gasteiger partial charge in [-0.25, -0.2) is 4.98 Å². The third-order valence-corrected chi connectivity index (χ3v) is 3.55. The highest BCUT2D eigenvalue weighted by atomic mass is 16.5. The zero-order chi connectivity index (χ0) is 17.4. The molecule has 0 atom stereocenters. The Labute approximate surface area is 144 Å². The molecule has 0 bridgehead atoms. The lowest BCUT2D eigenvalue weighted by Gasteiger charge is -2.12. The van der Waals surface area contributed by atoms with Gasteiger partial charge < -0.3 is 20.3 Å². The molecule has 0 radical (unpaired) electrons. The molecule has 2 aromatic rings. The Hall–Kier alpha value is -2.34. The zero-order valence-electron chi connectivity index (χ0n) is 15.0. The molecule has 0 aliphatic carbocycles. The van der Waals surface area contributed by atoms with Crippen molar-refractivity contribution < 1.29 is 4.74 Å². The summed E-state index contributed by atoms with van der Waals surface area (Å²) in [4.78, 5) is 11.1. The molecule has 0 saturated carbocycles. The van der Waals surface area contributed by atoms with Gasteiger partial charge in [-0.05, 0) is 51.7 Å². The van der Waals surface area contributed by atoms with Crippen molar-refractivity contribution in [3.63, 3.8) is 0 Å². The van der Waals surface area contributed by atoms with Gasteiger partial charge >= 0.3 is 0 Å². The number of hydrogen-bond donors (Lipinski definition) is 2. The van der Waals surface area contributed by atoms with Crippen LogP contribution in [-0.2, 0) is 6.54 Å². The molecular formula is C18H27N5O. The average molecular weight is 329 g/mol. The molecule has 2 rings (SSSR count). The standard InChI is InChI=1S/C18H27N5O/c1-14-12-17(19-10-5-11-23(2)3)22-18(21-14)20-13-15-6-8-16(24-4)9-7-15/h6-9,12H,5,10-11,13H2,1-4H3,(H2,19,20,21,22). The highest BCUT2D eigenvalue weighted by Gasteiger charge is 2.03. The fraction of sp³-hybridized carbons (Fsp3) is 0.444. The van der Waals surface area contributed by atoms with Crippen LogP contribution in [0.5, 0.6) is 5.75 Å². The molecule has 1 aromatic carbocycles. The van der Waals surface area contributed by atoms with Crippen LogP contribution in [0.1, 0.15) is 17.7 Å².